The molecule has 0 bridgehead atoms. The molecule has 2 aromatic carbocycles. The lowest BCUT2D eigenvalue weighted by Gasteiger charge is -2.27. The topological polar surface area (TPSA) is 157 Å². The molecule has 4 heterocycles. The minimum Gasteiger partial charge on any atom is -0.393 e. The number of anilines is 1. The van der Waals surface area contributed by atoms with Crippen molar-refractivity contribution in [1.29, 1.82) is 0 Å². The summed E-state index contributed by atoms with van der Waals surface area (Å²) in [5.74, 6) is -0.0380. The van der Waals surface area contributed by atoms with Gasteiger partial charge >= 0.3 is 5.69 Å². The Balaban J connectivity index is 0.816. The summed E-state index contributed by atoms with van der Waals surface area (Å²) in [5, 5.41) is 20.5. The van der Waals surface area contributed by atoms with Crippen molar-refractivity contribution in [3.05, 3.63) is 76.5 Å². The number of aromatic nitrogens is 5. The maximum absolute atomic E-state index is 13.0. The van der Waals surface area contributed by atoms with E-state index in [-0.39, 0.29) is 24.1 Å². The van der Waals surface area contributed by atoms with Crippen LogP contribution in [0.1, 0.15) is 107 Å². The van der Waals surface area contributed by atoms with Crippen LogP contribution in [0.3, 0.4) is 0 Å². The van der Waals surface area contributed by atoms with E-state index in [1.54, 1.807) is 11.6 Å². The van der Waals surface area contributed by atoms with E-state index in [1.165, 1.54) is 10.1 Å². The first-order valence-electron chi connectivity index (χ1n) is 21.0. The van der Waals surface area contributed by atoms with E-state index >= 15 is 0 Å². The number of fused-ring (bicyclic) bond motifs is 2. The highest BCUT2D eigenvalue weighted by atomic mass is 16.5. The average Bonchev–Trinajstić information content (AvgIpc) is 3.71. The molecule has 1 aliphatic heterocycles. The molecule has 2 fully saturated rings. The lowest BCUT2D eigenvalue weighted by Crippen LogP contribution is -2.44. The number of imidazole rings is 1. The predicted molar refractivity (Wildman–Crippen MR) is 223 cm³/mol. The quantitative estimate of drug-likeness (QED) is 0.0556. The van der Waals surface area contributed by atoms with Gasteiger partial charge in [0.2, 0.25) is 17.8 Å². The van der Waals surface area contributed by atoms with Crippen LogP contribution in [0.15, 0.2) is 59.7 Å². The third-order valence-corrected chi connectivity index (χ3v) is 11.6. The normalized spacial score (nSPS) is 18.8. The molecule has 3 aromatic heterocycles. The van der Waals surface area contributed by atoms with Crippen LogP contribution in [0, 0.1) is 0 Å². The monoisotopic (exact) mass is 778 g/mol. The number of ether oxygens (including phenoxy) is 1. The largest absolute Gasteiger partial charge is 0.393 e. The van der Waals surface area contributed by atoms with Gasteiger partial charge in [-0.05, 0) is 106 Å². The molecule has 2 aliphatic rings. The number of benzene rings is 2. The van der Waals surface area contributed by atoms with Crippen molar-refractivity contribution in [2.45, 2.75) is 115 Å². The number of nitrogens with one attached hydrogen (secondary N) is 3. The molecule has 0 spiro atoms. The van der Waals surface area contributed by atoms with Gasteiger partial charge in [0.25, 0.3) is 0 Å². The van der Waals surface area contributed by atoms with Crippen molar-refractivity contribution in [3.8, 4) is 11.1 Å². The van der Waals surface area contributed by atoms with Crippen LogP contribution in [0.4, 0.5) is 5.95 Å². The fourth-order valence-corrected chi connectivity index (χ4v) is 8.25. The number of carbonyl (C=O) groups excluding carboxylic acids is 2. The zero-order chi connectivity index (χ0) is 39.7. The van der Waals surface area contributed by atoms with Gasteiger partial charge in [-0.2, -0.15) is 4.98 Å². The summed E-state index contributed by atoms with van der Waals surface area (Å²) in [5.41, 5.74) is 6.90. The minimum absolute atomic E-state index is 0.201. The third-order valence-electron chi connectivity index (χ3n) is 11.6. The number of aliphatic hydroxyl groups excluding tert-OH is 1. The van der Waals surface area contributed by atoms with Crippen molar-refractivity contribution in [1.82, 2.24) is 34.3 Å². The number of unbranched alkanes of at least 4 members (excludes halogenated alkanes) is 3. The van der Waals surface area contributed by atoms with Crippen LogP contribution < -0.4 is 21.6 Å². The van der Waals surface area contributed by atoms with Gasteiger partial charge in [-0.25, -0.2) is 9.78 Å². The molecule has 13 heteroatoms. The molecule has 304 valence electrons. The van der Waals surface area contributed by atoms with Crippen molar-refractivity contribution in [3.63, 3.8) is 0 Å². The Morgan fingerprint density at radius 1 is 0.895 bits per heavy atom. The zero-order valence-electron chi connectivity index (χ0n) is 33.5. The molecule has 1 saturated carbocycles. The number of carbonyl (C=O) groups is 2. The van der Waals surface area contributed by atoms with Crippen molar-refractivity contribution < 1.29 is 19.4 Å². The number of piperidine rings is 1. The molecular formula is C44H58N8O5. The molecule has 1 saturated heterocycles. The molecule has 1 atom stereocenters. The smallest absolute Gasteiger partial charge is 0.329 e. The summed E-state index contributed by atoms with van der Waals surface area (Å²) in [6.45, 7) is 6.24. The number of hydrogen-bond donors (Lipinski definition) is 4. The molecule has 13 nitrogen and oxygen atoms in total. The SMILES string of the molecule is CCCCNc1ncc2c(-c3ccc(CNCCCCOCCCCc4ccc5c(c4)n(C)c(=O)n5[C@H]4CCC(=O)NC4=O)cc3)cn([C@H]3CC[C@H](O)CC3)c2n1. The lowest BCUT2D eigenvalue weighted by atomic mass is 9.93. The Morgan fingerprint density at radius 3 is 2.44 bits per heavy atom. The molecule has 1 aliphatic carbocycles. The Hall–Kier alpha value is -4.85. The van der Waals surface area contributed by atoms with E-state index in [0.717, 1.165) is 137 Å². The second-order valence-electron chi connectivity index (χ2n) is 15.8. The fraction of sp³-hybridized carbons (Fsp3) is 0.523. The first kappa shape index (κ1) is 40.4. The highest BCUT2D eigenvalue weighted by Crippen LogP contribution is 2.37. The predicted octanol–water partition coefficient (Wildman–Crippen LogP) is 6.33. The molecule has 2 amide bonds. The second-order valence-corrected chi connectivity index (χ2v) is 15.8. The van der Waals surface area contributed by atoms with Crippen molar-refractivity contribution in [2.75, 3.05) is 31.6 Å². The van der Waals surface area contributed by atoms with Gasteiger partial charge in [0.15, 0.2) is 0 Å². The van der Waals surface area contributed by atoms with Crippen molar-refractivity contribution in [2.24, 2.45) is 7.05 Å². The number of aryl methyl sites for hydroxylation is 2. The Morgan fingerprint density at radius 2 is 1.67 bits per heavy atom. The number of hydrogen-bond acceptors (Lipinski definition) is 9. The lowest BCUT2D eigenvalue weighted by molar-refractivity contribution is -0.135. The van der Waals surface area contributed by atoms with E-state index < -0.39 is 11.9 Å². The molecular weight excluding hydrogens is 721 g/mol. The van der Waals surface area contributed by atoms with Crippen LogP contribution >= 0.6 is 0 Å². The Kier molecular flexibility index (Phi) is 13.5. The van der Waals surface area contributed by atoms with E-state index in [9.17, 15) is 19.5 Å². The highest BCUT2D eigenvalue weighted by Gasteiger charge is 2.31. The van der Waals surface area contributed by atoms with Crippen LogP contribution in [0.5, 0.6) is 0 Å². The van der Waals surface area contributed by atoms with Gasteiger partial charge in [-0.1, -0.05) is 43.7 Å². The Bertz CT molecular complexity index is 2200. The van der Waals surface area contributed by atoms with Gasteiger partial charge in [-0.3, -0.25) is 24.0 Å². The molecule has 57 heavy (non-hydrogen) atoms. The number of amides is 2. The summed E-state index contributed by atoms with van der Waals surface area (Å²) >= 11 is 0. The van der Waals surface area contributed by atoms with Gasteiger partial charge in [0.1, 0.15) is 11.7 Å². The summed E-state index contributed by atoms with van der Waals surface area (Å²) in [6, 6.07) is 14.4. The highest BCUT2D eigenvalue weighted by molar-refractivity contribution is 6.00. The van der Waals surface area contributed by atoms with E-state index in [1.807, 2.05) is 24.4 Å². The summed E-state index contributed by atoms with van der Waals surface area (Å²) in [4.78, 5) is 46.7. The van der Waals surface area contributed by atoms with Crippen LogP contribution in [0.2, 0.25) is 0 Å². The van der Waals surface area contributed by atoms with Crippen LogP contribution in [0.25, 0.3) is 33.2 Å². The Labute approximate surface area is 334 Å². The molecule has 0 unspecified atom stereocenters. The standard InChI is InChI=1S/C44H58N8O5/c1-3-4-23-46-43-47-28-35-36(29-51(41(35)49-43)33-15-17-34(53)18-16-33)32-13-10-31(11-14-32)27-45-22-6-8-25-57-24-7-5-9-30-12-19-37-39(26-30)50(2)44(56)52(37)38-20-21-40(54)48-42(38)55/h10-14,19,26,28-29,33-34,38,45,53H,3-9,15-18,20-25,27H2,1-2H3,(H,46,47,49)(H,48,54,55)/t33-,34-,38-/m0/s1. The number of imide groups is 1. The molecule has 5 aromatic rings. The molecule has 4 N–H and O–H groups in total. The number of aliphatic hydroxyl groups is 1. The first-order chi connectivity index (χ1) is 27.8. The van der Waals surface area contributed by atoms with Gasteiger partial charge in [0.05, 0.1) is 17.1 Å². The maximum Gasteiger partial charge on any atom is 0.329 e. The third kappa shape index (κ3) is 9.65. The van der Waals surface area contributed by atoms with E-state index in [4.69, 9.17) is 9.72 Å². The second kappa shape index (κ2) is 19.1. The van der Waals surface area contributed by atoms with Crippen molar-refractivity contribution >= 4 is 39.8 Å². The number of nitrogens with zero attached hydrogens (tertiary/aromatic N) is 5. The van der Waals surface area contributed by atoms with E-state index in [2.05, 4.69) is 62.9 Å². The fourth-order valence-electron chi connectivity index (χ4n) is 8.25. The number of rotatable bonds is 19. The van der Waals surface area contributed by atoms with Gasteiger partial charge < -0.3 is 25.0 Å². The van der Waals surface area contributed by atoms with Crippen LogP contribution in [-0.4, -0.2) is 73.0 Å². The minimum atomic E-state index is -0.671. The zero-order valence-corrected chi connectivity index (χ0v) is 33.5. The van der Waals surface area contributed by atoms with Crippen LogP contribution in [-0.2, 0) is 34.3 Å². The molecule has 0 radical (unpaired) electrons. The van der Waals surface area contributed by atoms with E-state index in [0.29, 0.717) is 23.9 Å². The van der Waals surface area contributed by atoms with Gasteiger partial charge in [0, 0.05) is 69.2 Å². The summed E-state index contributed by atoms with van der Waals surface area (Å²) in [7, 11) is 1.73. The maximum atomic E-state index is 13.0. The average molecular weight is 779 g/mol. The first-order valence-corrected chi connectivity index (χ1v) is 21.0. The molecule has 7 rings (SSSR count). The summed E-state index contributed by atoms with van der Waals surface area (Å²) < 4.78 is 11.4. The van der Waals surface area contributed by atoms with Gasteiger partial charge in [-0.15, -0.1) is 0 Å². The summed E-state index contributed by atoms with van der Waals surface area (Å²) in [6.07, 6.45) is 15.1.